The summed E-state index contributed by atoms with van der Waals surface area (Å²) in [5, 5.41) is 12.2. The van der Waals surface area contributed by atoms with E-state index in [2.05, 4.69) is 11.6 Å². The minimum absolute atomic E-state index is 0.0867. The first kappa shape index (κ1) is 16.1. The van der Waals surface area contributed by atoms with E-state index in [9.17, 15) is 9.59 Å². The smallest absolute Gasteiger partial charge is 0.317 e. The van der Waals surface area contributed by atoms with Gasteiger partial charge in [0.05, 0.1) is 0 Å². The summed E-state index contributed by atoms with van der Waals surface area (Å²) in [5.74, 6) is -0.816. The number of aliphatic carboxylic acids is 1. The minimum Gasteiger partial charge on any atom is -0.481 e. The van der Waals surface area contributed by atoms with Crippen LogP contribution in [0.5, 0.6) is 0 Å². The molecule has 0 aromatic rings. The molecule has 1 rings (SSSR count). The highest BCUT2D eigenvalue weighted by atomic mass is 32.2. The van der Waals surface area contributed by atoms with Crippen LogP contribution in [0.25, 0.3) is 0 Å². The Morgan fingerprint density at radius 3 is 2.68 bits per heavy atom. The first-order valence-corrected chi connectivity index (χ1v) is 8.09. The Morgan fingerprint density at radius 1 is 1.37 bits per heavy atom. The largest absolute Gasteiger partial charge is 0.481 e. The van der Waals surface area contributed by atoms with Gasteiger partial charge in [0, 0.05) is 31.3 Å². The average molecular weight is 288 g/mol. The number of carbonyl (C=O) groups is 2. The molecular formula is C13H24N2O3S. The van der Waals surface area contributed by atoms with Gasteiger partial charge in [0.1, 0.15) is 0 Å². The van der Waals surface area contributed by atoms with Crippen molar-refractivity contribution in [3.05, 3.63) is 0 Å². The zero-order chi connectivity index (χ0) is 14.3. The summed E-state index contributed by atoms with van der Waals surface area (Å²) in [6.45, 7) is 0.481. The molecule has 0 spiro atoms. The molecule has 1 fully saturated rings. The minimum atomic E-state index is -0.816. The SMILES string of the molecule is CSC1CCCCC1NC(=O)N(C)CCCC(=O)O. The van der Waals surface area contributed by atoms with E-state index in [1.54, 1.807) is 11.9 Å². The van der Waals surface area contributed by atoms with Crippen molar-refractivity contribution < 1.29 is 14.7 Å². The summed E-state index contributed by atoms with van der Waals surface area (Å²) in [7, 11) is 1.72. The number of hydrogen-bond acceptors (Lipinski definition) is 3. The first-order chi connectivity index (χ1) is 9.04. The van der Waals surface area contributed by atoms with Crippen molar-refractivity contribution in [2.24, 2.45) is 0 Å². The standard InChI is InChI=1S/C13H24N2O3S/c1-15(9-5-8-12(16)17)13(18)14-10-6-3-4-7-11(10)19-2/h10-11H,3-9H2,1-2H3,(H,14,18)(H,16,17). The Morgan fingerprint density at radius 2 is 2.05 bits per heavy atom. The molecule has 0 aromatic carbocycles. The van der Waals surface area contributed by atoms with Gasteiger partial charge in [-0.05, 0) is 25.5 Å². The highest BCUT2D eigenvalue weighted by Crippen LogP contribution is 2.27. The molecule has 2 amide bonds. The number of carboxylic acid groups (broad SMARTS) is 1. The number of thioether (sulfide) groups is 1. The van der Waals surface area contributed by atoms with E-state index in [-0.39, 0.29) is 18.5 Å². The molecule has 0 heterocycles. The molecule has 1 aliphatic rings. The van der Waals surface area contributed by atoms with E-state index in [1.807, 2.05) is 11.8 Å². The Balaban J connectivity index is 2.33. The highest BCUT2D eigenvalue weighted by molar-refractivity contribution is 7.99. The molecule has 1 aliphatic carbocycles. The van der Waals surface area contributed by atoms with Crippen LogP contribution >= 0.6 is 11.8 Å². The van der Waals surface area contributed by atoms with Crippen LogP contribution in [0.1, 0.15) is 38.5 Å². The van der Waals surface area contributed by atoms with Crippen molar-refractivity contribution in [2.75, 3.05) is 19.8 Å². The monoisotopic (exact) mass is 288 g/mol. The highest BCUT2D eigenvalue weighted by Gasteiger charge is 2.26. The van der Waals surface area contributed by atoms with Crippen molar-refractivity contribution in [2.45, 2.75) is 49.8 Å². The van der Waals surface area contributed by atoms with Crippen molar-refractivity contribution in [3.63, 3.8) is 0 Å². The van der Waals surface area contributed by atoms with Crippen LogP contribution in [0, 0.1) is 0 Å². The molecule has 6 heteroatoms. The van der Waals surface area contributed by atoms with Gasteiger partial charge in [-0.3, -0.25) is 4.79 Å². The Bertz CT molecular complexity index is 312. The molecule has 19 heavy (non-hydrogen) atoms. The Hall–Kier alpha value is -0.910. The normalized spacial score (nSPS) is 22.8. The molecule has 0 bridgehead atoms. The van der Waals surface area contributed by atoms with Crippen LogP contribution in [0.15, 0.2) is 0 Å². The molecule has 0 radical (unpaired) electrons. The third-order valence-electron chi connectivity index (χ3n) is 3.55. The van der Waals surface area contributed by atoms with E-state index in [0.717, 1.165) is 12.8 Å². The topological polar surface area (TPSA) is 69.6 Å². The third kappa shape index (κ3) is 5.72. The molecule has 0 aliphatic heterocycles. The van der Waals surface area contributed by atoms with Gasteiger partial charge in [0.25, 0.3) is 0 Å². The molecule has 0 aromatic heterocycles. The number of carboxylic acids is 1. The zero-order valence-electron chi connectivity index (χ0n) is 11.7. The second kappa shape index (κ2) is 8.30. The predicted octanol–water partition coefficient (Wildman–Crippen LogP) is 2.17. The van der Waals surface area contributed by atoms with Gasteiger partial charge in [0.2, 0.25) is 0 Å². The fourth-order valence-corrected chi connectivity index (χ4v) is 3.32. The van der Waals surface area contributed by atoms with Crippen LogP contribution in [0.3, 0.4) is 0 Å². The molecule has 2 unspecified atom stereocenters. The first-order valence-electron chi connectivity index (χ1n) is 6.80. The summed E-state index contributed by atoms with van der Waals surface area (Å²) in [6.07, 6.45) is 7.31. The van der Waals surface area contributed by atoms with Crippen LogP contribution in [0.4, 0.5) is 4.79 Å². The summed E-state index contributed by atoms with van der Waals surface area (Å²) in [5.41, 5.74) is 0. The number of amides is 2. The number of rotatable bonds is 6. The second-order valence-electron chi connectivity index (χ2n) is 5.03. The molecule has 110 valence electrons. The van der Waals surface area contributed by atoms with Crippen LogP contribution < -0.4 is 5.32 Å². The lowest BCUT2D eigenvalue weighted by Crippen LogP contribution is -2.48. The lowest BCUT2D eigenvalue weighted by atomic mass is 9.95. The van der Waals surface area contributed by atoms with Crippen LogP contribution in [-0.2, 0) is 4.79 Å². The molecule has 2 N–H and O–H groups in total. The quantitative estimate of drug-likeness (QED) is 0.786. The Kier molecular flexibility index (Phi) is 7.05. The third-order valence-corrected chi connectivity index (χ3v) is 4.71. The van der Waals surface area contributed by atoms with Gasteiger partial charge < -0.3 is 15.3 Å². The van der Waals surface area contributed by atoms with Gasteiger partial charge in [-0.2, -0.15) is 11.8 Å². The maximum absolute atomic E-state index is 12.0. The van der Waals surface area contributed by atoms with Gasteiger partial charge in [-0.15, -0.1) is 0 Å². The van der Waals surface area contributed by atoms with Crippen LogP contribution in [-0.4, -0.2) is 53.1 Å². The molecule has 5 nitrogen and oxygen atoms in total. The van der Waals surface area contributed by atoms with Crippen molar-refractivity contribution in [3.8, 4) is 0 Å². The van der Waals surface area contributed by atoms with E-state index in [4.69, 9.17) is 5.11 Å². The Labute approximate surface area is 119 Å². The van der Waals surface area contributed by atoms with Crippen molar-refractivity contribution >= 4 is 23.8 Å². The number of hydrogen-bond donors (Lipinski definition) is 2. The second-order valence-corrected chi connectivity index (χ2v) is 6.11. The molecule has 1 saturated carbocycles. The number of carbonyl (C=O) groups excluding carboxylic acids is 1. The van der Waals surface area contributed by atoms with Gasteiger partial charge in [-0.1, -0.05) is 12.8 Å². The van der Waals surface area contributed by atoms with E-state index >= 15 is 0 Å². The summed E-state index contributed by atoms with van der Waals surface area (Å²) >= 11 is 1.82. The molecule has 2 atom stereocenters. The summed E-state index contributed by atoms with van der Waals surface area (Å²) in [6, 6.07) is 0.162. The maximum Gasteiger partial charge on any atom is 0.317 e. The predicted molar refractivity (Wildman–Crippen MR) is 77.6 cm³/mol. The molecular weight excluding hydrogens is 264 g/mol. The lowest BCUT2D eigenvalue weighted by molar-refractivity contribution is -0.137. The van der Waals surface area contributed by atoms with Gasteiger partial charge in [0.15, 0.2) is 0 Å². The fraction of sp³-hybridized carbons (Fsp3) is 0.846. The van der Waals surface area contributed by atoms with Gasteiger partial charge in [-0.25, -0.2) is 4.79 Å². The number of nitrogens with one attached hydrogen (secondary N) is 1. The van der Waals surface area contributed by atoms with E-state index in [1.165, 1.54) is 12.8 Å². The van der Waals surface area contributed by atoms with E-state index in [0.29, 0.717) is 18.2 Å². The zero-order valence-corrected chi connectivity index (χ0v) is 12.5. The van der Waals surface area contributed by atoms with Crippen molar-refractivity contribution in [1.82, 2.24) is 10.2 Å². The summed E-state index contributed by atoms with van der Waals surface area (Å²) < 4.78 is 0. The van der Waals surface area contributed by atoms with Gasteiger partial charge >= 0.3 is 12.0 Å². The number of urea groups is 1. The van der Waals surface area contributed by atoms with Crippen LogP contribution in [0.2, 0.25) is 0 Å². The van der Waals surface area contributed by atoms with E-state index < -0.39 is 5.97 Å². The fourth-order valence-electron chi connectivity index (χ4n) is 2.38. The maximum atomic E-state index is 12.0. The van der Waals surface area contributed by atoms with Crippen molar-refractivity contribution in [1.29, 1.82) is 0 Å². The summed E-state index contributed by atoms with van der Waals surface area (Å²) in [4.78, 5) is 24.0. The molecule has 0 saturated heterocycles. The average Bonchev–Trinajstić information content (AvgIpc) is 2.38. The number of nitrogens with zero attached hydrogens (tertiary/aromatic N) is 1. The lowest BCUT2D eigenvalue weighted by Gasteiger charge is -2.32.